The summed E-state index contributed by atoms with van der Waals surface area (Å²) in [5.41, 5.74) is 0.753. The lowest BCUT2D eigenvalue weighted by molar-refractivity contribution is -0.152. The second-order valence-corrected chi connectivity index (χ2v) is 4.30. The Kier molecular flexibility index (Phi) is 2.96. The van der Waals surface area contributed by atoms with Crippen molar-refractivity contribution in [3.63, 3.8) is 0 Å². The molecular weight excluding hydrogens is 276 g/mol. The van der Waals surface area contributed by atoms with Gasteiger partial charge in [0.15, 0.2) is 0 Å². The number of methoxy groups -OCH3 is 1. The highest BCUT2D eigenvalue weighted by atomic mass is 79.9. The molecule has 84 valence electrons. The van der Waals surface area contributed by atoms with Crippen LogP contribution in [0.5, 0.6) is 5.75 Å². The van der Waals surface area contributed by atoms with Gasteiger partial charge >= 0.3 is 11.9 Å². The third-order valence-electron chi connectivity index (χ3n) is 2.45. The molecule has 1 saturated heterocycles. The minimum Gasteiger partial charge on any atom is -0.496 e. The van der Waals surface area contributed by atoms with Crippen molar-refractivity contribution < 1.29 is 19.1 Å². The van der Waals surface area contributed by atoms with Crippen LogP contribution >= 0.6 is 15.9 Å². The molecule has 1 aliphatic rings. The first-order valence-corrected chi connectivity index (χ1v) is 5.49. The summed E-state index contributed by atoms with van der Waals surface area (Å²) in [7, 11) is 1.56. The van der Waals surface area contributed by atoms with E-state index in [2.05, 4.69) is 20.7 Å². The number of halogens is 1. The third kappa shape index (κ3) is 1.95. The number of rotatable bonds is 2. The van der Waals surface area contributed by atoms with E-state index in [1.807, 2.05) is 0 Å². The van der Waals surface area contributed by atoms with Crippen LogP contribution in [-0.2, 0) is 14.3 Å². The van der Waals surface area contributed by atoms with Crippen LogP contribution in [0.4, 0.5) is 0 Å². The Morgan fingerprint density at radius 1 is 1.44 bits per heavy atom. The van der Waals surface area contributed by atoms with Crippen LogP contribution in [0.25, 0.3) is 0 Å². The lowest BCUT2D eigenvalue weighted by Crippen LogP contribution is -2.05. The van der Waals surface area contributed by atoms with E-state index < -0.39 is 17.9 Å². The summed E-state index contributed by atoms with van der Waals surface area (Å²) in [5.74, 6) is -0.764. The molecule has 0 bridgehead atoms. The first-order valence-electron chi connectivity index (χ1n) is 4.70. The molecule has 0 aliphatic carbocycles. The van der Waals surface area contributed by atoms with Crippen LogP contribution in [-0.4, -0.2) is 19.0 Å². The number of esters is 2. The van der Waals surface area contributed by atoms with Gasteiger partial charge in [0.25, 0.3) is 0 Å². The van der Waals surface area contributed by atoms with Crippen molar-refractivity contribution in [2.75, 3.05) is 7.11 Å². The zero-order valence-electron chi connectivity index (χ0n) is 8.53. The number of benzene rings is 1. The Balaban J connectivity index is 2.31. The molecule has 1 atom stereocenters. The summed E-state index contributed by atoms with van der Waals surface area (Å²) in [5, 5.41) is 0. The highest BCUT2D eigenvalue weighted by Crippen LogP contribution is 2.33. The summed E-state index contributed by atoms with van der Waals surface area (Å²) in [6, 6.07) is 5.27. The number of carbonyl (C=O) groups excluding carboxylic acids is 2. The molecule has 1 aromatic rings. The van der Waals surface area contributed by atoms with E-state index in [1.165, 1.54) is 0 Å². The van der Waals surface area contributed by atoms with Gasteiger partial charge in [-0.15, -0.1) is 0 Å². The Bertz CT molecular complexity index is 455. The highest BCUT2D eigenvalue weighted by molar-refractivity contribution is 9.10. The average molecular weight is 285 g/mol. The van der Waals surface area contributed by atoms with Crippen molar-refractivity contribution in [1.29, 1.82) is 0 Å². The molecule has 1 aromatic carbocycles. The van der Waals surface area contributed by atoms with Gasteiger partial charge in [0.05, 0.1) is 23.9 Å². The highest BCUT2D eigenvalue weighted by Gasteiger charge is 2.34. The van der Waals surface area contributed by atoms with Gasteiger partial charge in [-0.3, -0.25) is 9.59 Å². The summed E-state index contributed by atoms with van der Waals surface area (Å²) >= 11 is 3.33. The predicted octanol–water partition coefficient (Wildman–Crippen LogP) is 2.01. The van der Waals surface area contributed by atoms with Crippen LogP contribution in [0.3, 0.4) is 0 Å². The van der Waals surface area contributed by atoms with E-state index in [0.29, 0.717) is 5.75 Å². The van der Waals surface area contributed by atoms with Gasteiger partial charge in [-0.05, 0) is 33.6 Å². The third-order valence-corrected chi connectivity index (χ3v) is 3.07. The van der Waals surface area contributed by atoms with Crippen LogP contribution in [0.2, 0.25) is 0 Å². The van der Waals surface area contributed by atoms with Crippen LogP contribution < -0.4 is 4.74 Å². The second-order valence-electron chi connectivity index (χ2n) is 3.44. The largest absolute Gasteiger partial charge is 0.496 e. The maximum absolute atomic E-state index is 11.4. The van der Waals surface area contributed by atoms with E-state index >= 15 is 0 Å². The molecule has 0 aromatic heterocycles. The zero-order chi connectivity index (χ0) is 11.7. The molecule has 1 aliphatic heterocycles. The summed E-state index contributed by atoms with van der Waals surface area (Å²) in [4.78, 5) is 22.3. The first kappa shape index (κ1) is 11.1. The standard InChI is InChI=1S/C11H9BrO4/c1-15-9-3-2-6(4-8(9)12)7-5-10(13)16-11(7)14/h2-4,7H,5H2,1H3. The van der Waals surface area contributed by atoms with Crippen LogP contribution in [0.15, 0.2) is 22.7 Å². The van der Waals surface area contributed by atoms with E-state index in [4.69, 9.17) is 4.74 Å². The summed E-state index contributed by atoms with van der Waals surface area (Å²) < 4.78 is 10.3. The molecule has 4 nitrogen and oxygen atoms in total. The SMILES string of the molecule is COc1ccc(C2CC(=O)OC2=O)cc1Br. The lowest BCUT2D eigenvalue weighted by atomic mass is 9.98. The van der Waals surface area contributed by atoms with Crippen molar-refractivity contribution in [2.24, 2.45) is 0 Å². The van der Waals surface area contributed by atoms with E-state index in [1.54, 1.807) is 25.3 Å². The lowest BCUT2D eigenvalue weighted by Gasteiger charge is -2.08. The molecule has 0 saturated carbocycles. The Labute approximate surface area is 101 Å². The fourth-order valence-corrected chi connectivity index (χ4v) is 2.19. The van der Waals surface area contributed by atoms with E-state index in [0.717, 1.165) is 10.0 Å². The normalized spacial score (nSPS) is 19.8. The topological polar surface area (TPSA) is 52.6 Å². The summed E-state index contributed by atoms with van der Waals surface area (Å²) in [6.07, 6.45) is 0.109. The Morgan fingerprint density at radius 3 is 2.69 bits per heavy atom. The van der Waals surface area contributed by atoms with Gasteiger partial charge in [-0.2, -0.15) is 0 Å². The van der Waals surface area contributed by atoms with Crippen LogP contribution in [0.1, 0.15) is 17.9 Å². The number of carbonyl (C=O) groups is 2. The quantitative estimate of drug-likeness (QED) is 0.616. The molecule has 16 heavy (non-hydrogen) atoms. The molecule has 5 heteroatoms. The maximum atomic E-state index is 11.4. The fraction of sp³-hybridized carbons (Fsp3) is 0.273. The molecule has 0 radical (unpaired) electrons. The molecule has 1 unspecified atom stereocenters. The van der Waals surface area contributed by atoms with Gasteiger partial charge < -0.3 is 9.47 Å². The van der Waals surface area contributed by atoms with Gasteiger partial charge in [0.2, 0.25) is 0 Å². The molecule has 1 fully saturated rings. The van der Waals surface area contributed by atoms with E-state index in [9.17, 15) is 9.59 Å². The molecular formula is C11H9BrO4. The second kappa shape index (κ2) is 4.25. The van der Waals surface area contributed by atoms with Gasteiger partial charge in [0, 0.05) is 0 Å². The molecule has 2 rings (SSSR count). The zero-order valence-corrected chi connectivity index (χ0v) is 10.1. The van der Waals surface area contributed by atoms with Crippen molar-refractivity contribution >= 4 is 27.9 Å². The van der Waals surface area contributed by atoms with Crippen molar-refractivity contribution in [2.45, 2.75) is 12.3 Å². The van der Waals surface area contributed by atoms with E-state index in [-0.39, 0.29) is 6.42 Å². The van der Waals surface area contributed by atoms with Crippen molar-refractivity contribution in [1.82, 2.24) is 0 Å². The predicted molar refractivity (Wildman–Crippen MR) is 59.2 cm³/mol. The molecule has 0 spiro atoms. The molecule has 1 heterocycles. The van der Waals surface area contributed by atoms with Crippen molar-refractivity contribution in [3.05, 3.63) is 28.2 Å². The monoisotopic (exact) mass is 284 g/mol. The maximum Gasteiger partial charge on any atom is 0.321 e. The van der Waals surface area contributed by atoms with Gasteiger partial charge in [-0.1, -0.05) is 6.07 Å². The Morgan fingerprint density at radius 2 is 2.19 bits per heavy atom. The van der Waals surface area contributed by atoms with Crippen LogP contribution in [0, 0.1) is 0 Å². The smallest absolute Gasteiger partial charge is 0.321 e. The fourth-order valence-electron chi connectivity index (χ4n) is 1.63. The number of hydrogen-bond acceptors (Lipinski definition) is 4. The number of ether oxygens (including phenoxy) is 2. The molecule has 0 amide bonds. The van der Waals surface area contributed by atoms with Gasteiger partial charge in [-0.25, -0.2) is 0 Å². The average Bonchev–Trinajstić information content (AvgIpc) is 2.58. The number of cyclic esters (lactones) is 2. The first-order chi connectivity index (χ1) is 7.61. The van der Waals surface area contributed by atoms with Gasteiger partial charge in [0.1, 0.15) is 5.75 Å². The Hall–Kier alpha value is -1.36. The van der Waals surface area contributed by atoms with Crippen molar-refractivity contribution in [3.8, 4) is 5.75 Å². The minimum absolute atomic E-state index is 0.109. The number of hydrogen-bond donors (Lipinski definition) is 0. The summed E-state index contributed by atoms with van der Waals surface area (Å²) in [6.45, 7) is 0. The minimum atomic E-state index is -0.491. The molecule has 0 N–H and O–H groups in total.